The van der Waals surface area contributed by atoms with Crippen LogP contribution in [-0.4, -0.2) is 42.7 Å². The van der Waals surface area contributed by atoms with Gasteiger partial charge < -0.3 is 19.9 Å². The first-order chi connectivity index (χ1) is 11.3. The highest BCUT2D eigenvalue weighted by molar-refractivity contribution is 14.0. The van der Waals surface area contributed by atoms with Gasteiger partial charge >= 0.3 is 5.97 Å². The van der Waals surface area contributed by atoms with Gasteiger partial charge in [-0.05, 0) is 44.2 Å². The molecule has 1 aliphatic carbocycles. The van der Waals surface area contributed by atoms with Crippen LogP contribution in [0.1, 0.15) is 38.5 Å². The SMILES string of the molecule is CN=C(NCCCC(=O)OC1CCCC1)NCCn1cccc1.I. The van der Waals surface area contributed by atoms with Gasteiger partial charge in [-0.3, -0.25) is 9.79 Å². The molecule has 0 amide bonds. The van der Waals surface area contributed by atoms with Crippen molar-refractivity contribution in [1.82, 2.24) is 15.2 Å². The number of carbonyl (C=O) groups excluding carboxylic acids is 1. The number of aromatic nitrogens is 1. The molecular formula is C17H29IN4O2. The van der Waals surface area contributed by atoms with E-state index in [2.05, 4.69) is 20.2 Å². The van der Waals surface area contributed by atoms with E-state index in [1.165, 1.54) is 12.8 Å². The largest absolute Gasteiger partial charge is 0.462 e. The van der Waals surface area contributed by atoms with E-state index < -0.39 is 0 Å². The Morgan fingerprint density at radius 3 is 2.54 bits per heavy atom. The Labute approximate surface area is 161 Å². The van der Waals surface area contributed by atoms with Crippen molar-refractivity contribution in [3.63, 3.8) is 0 Å². The minimum atomic E-state index is -0.0748. The average molecular weight is 448 g/mol. The van der Waals surface area contributed by atoms with Crippen molar-refractivity contribution in [2.45, 2.75) is 51.2 Å². The number of aliphatic imine (C=N–C) groups is 1. The predicted molar refractivity (Wildman–Crippen MR) is 107 cm³/mol. The average Bonchev–Trinajstić information content (AvgIpc) is 3.23. The van der Waals surface area contributed by atoms with Crippen LogP contribution in [0.4, 0.5) is 0 Å². The van der Waals surface area contributed by atoms with E-state index in [0.29, 0.717) is 13.0 Å². The van der Waals surface area contributed by atoms with Crippen molar-refractivity contribution in [2.24, 2.45) is 4.99 Å². The van der Waals surface area contributed by atoms with E-state index in [4.69, 9.17) is 4.74 Å². The standard InChI is InChI=1S/C17H28N4O2.HI/c1-18-17(20-11-14-21-12-4-5-13-21)19-10-6-9-16(22)23-15-7-2-3-8-15;/h4-5,12-13,15H,2-3,6-11,14H2,1H3,(H2,18,19,20);1H. The summed E-state index contributed by atoms with van der Waals surface area (Å²) in [6.07, 6.45) is 9.88. The fraction of sp³-hybridized carbons (Fsp3) is 0.647. The second kappa shape index (κ2) is 12.2. The van der Waals surface area contributed by atoms with Crippen LogP contribution < -0.4 is 10.6 Å². The number of nitrogens with zero attached hydrogens (tertiary/aromatic N) is 2. The van der Waals surface area contributed by atoms with Crippen LogP contribution >= 0.6 is 24.0 Å². The molecule has 2 rings (SSSR count). The molecule has 1 aliphatic rings. The first-order valence-corrected chi connectivity index (χ1v) is 8.52. The van der Waals surface area contributed by atoms with Crippen molar-refractivity contribution in [2.75, 3.05) is 20.1 Å². The number of guanidine groups is 1. The van der Waals surface area contributed by atoms with Gasteiger partial charge in [-0.2, -0.15) is 0 Å². The lowest BCUT2D eigenvalue weighted by atomic mass is 10.3. The van der Waals surface area contributed by atoms with E-state index in [-0.39, 0.29) is 36.0 Å². The van der Waals surface area contributed by atoms with E-state index >= 15 is 0 Å². The molecule has 0 aromatic carbocycles. The van der Waals surface area contributed by atoms with Crippen LogP contribution in [0.5, 0.6) is 0 Å². The molecule has 7 heteroatoms. The van der Waals surface area contributed by atoms with Crippen LogP contribution in [0, 0.1) is 0 Å². The first kappa shape index (κ1) is 20.8. The molecule has 1 fully saturated rings. The summed E-state index contributed by atoms with van der Waals surface area (Å²) in [4.78, 5) is 15.9. The molecule has 0 atom stereocenters. The van der Waals surface area contributed by atoms with Crippen molar-refractivity contribution in [3.8, 4) is 0 Å². The Morgan fingerprint density at radius 2 is 1.88 bits per heavy atom. The summed E-state index contributed by atoms with van der Waals surface area (Å²) in [5.41, 5.74) is 0. The van der Waals surface area contributed by atoms with Gasteiger partial charge in [-0.25, -0.2) is 0 Å². The minimum absolute atomic E-state index is 0. The number of ether oxygens (including phenoxy) is 1. The lowest BCUT2D eigenvalue weighted by Crippen LogP contribution is -2.39. The molecule has 6 nitrogen and oxygen atoms in total. The number of rotatable bonds is 8. The summed E-state index contributed by atoms with van der Waals surface area (Å²) < 4.78 is 7.55. The minimum Gasteiger partial charge on any atom is -0.462 e. The summed E-state index contributed by atoms with van der Waals surface area (Å²) in [5.74, 6) is 0.690. The smallest absolute Gasteiger partial charge is 0.306 e. The number of esters is 1. The molecule has 24 heavy (non-hydrogen) atoms. The Balaban J connectivity index is 0.00000288. The maximum Gasteiger partial charge on any atom is 0.306 e. The third-order valence-electron chi connectivity index (χ3n) is 4.00. The lowest BCUT2D eigenvalue weighted by Gasteiger charge is -2.13. The topological polar surface area (TPSA) is 67.7 Å². The number of carbonyl (C=O) groups is 1. The fourth-order valence-corrected chi connectivity index (χ4v) is 2.73. The summed E-state index contributed by atoms with van der Waals surface area (Å²) in [6.45, 7) is 2.41. The van der Waals surface area contributed by atoms with Gasteiger partial charge in [0.25, 0.3) is 0 Å². The zero-order valence-electron chi connectivity index (χ0n) is 14.4. The van der Waals surface area contributed by atoms with Crippen LogP contribution in [0.25, 0.3) is 0 Å². The molecular weight excluding hydrogens is 419 g/mol. The second-order valence-electron chi connectivity index (χ2n) is 5.85. The summed E-state index contributed by atoms with van der Waals surface area (Å²) >= 11 is 0. The molecule has 1 aromatic heterocycles. The van der Waals surface area contributed by atoms with Gasteiger partial charge in [0, 0.05) is 45.5 Å². The summed E-state index contributed by atoms with van der Waals surface area (Å²) in [7, 11) is 1.75. The Kier molecular flexibility index (Phi) is 10.5. The van der Waals surface area contributed by atoms with Crippen molar-refractivity contribution < 1.29 is 9.53 Å². The number of halogens is 1. The molecule has 0 radical (unpaired) electrons. The molecule has 1 aromatic rings. The molecule has 0 unspecified atom stereocenters. The predicted octanol–water partition coefficient (Wildman–Crippen LogP) is 2.54. The van der Waals surface area contributed by atoms with Gasteiger partial charge in [0.2, 0.25) is 0 Å². The van der Waals surface area contributed by atoms with Gasteiger partial charge in [0.1, 0.15) is 6.10 Å². The van der Waals surface area contributed by atoms with Crippen LogP contribution in [-0.2, 0) is 16.1 Å². The monoisotopic (exact) mass is 448 g/mol. The number of hydrogen-bond acceptors (Lipinski definition) is 3. The highest BCUT2D eigenvalue weighted by atomic mass is 127. The molecule has 0 bridgehead atoms. The van der Waals surface area contributed by atoms with Gasteiger partial charge in [0.15, 0.2) is 5.96 Å². The highest BCUT2D eigenvalue weighted by Crippen LogP contribution is 2.21. The van der Waals surface area contributed by atoms with Crippen LogP contribution in [0.3, 0.4) is 0 Å². The second-order valence-corrected chi connectivity index (χ2v) is 5.85. The van der Waals surface area contributed by atoms with Crippen molar-refractivity contribution in [1.29, 1.82) is 0 Å². The summed E-state index contributed by atoms with van der Waals surface area (Å²) in [5, 5.41) is 6.48. The quantitative estimate of drug-likeness (QED) is 0.211. The zero-order valence-corrected chi connectivity index (χ0v) is 16.7. The molecule has 0 spiro atoms. The maximum absolute atomic E-state index is 11.7. The fourth-order valence-electron chi connectivity index (χ4n) is 2.73. The van der Waals surface area contributed by atoms with Gasteiger partial charge in [-0.1, -0.05) is 0 Å². The zero-order chi connectivity index (χ0) is 16.3. The molecule has 0 saturated heterocycles. The normalized spacial score (nSPS) is 15.0. The van der Waals surface area contributed by atoms with Gasteiger partial charge in [0.05, 0.1) is 0 Å². The van der Waals surface area contributed by atoms with E-state index in [1.54, 1.807) is 7.05 Å². The van der Waals surface area contributed by atoms with Crippen molar-refractivity contribution in [3.05, 3.63) is 24.5 Å². The molecule has 1 saturated carbocycles. The molecule has 136 valence electrons. The van der Waals surface area contributed by atoms with E-state index in [1.807, 2.05) is 24.5 Å². The lowest BCUT2D eigenvalue weighted by molar-refractivity contribution is -0.148. The van der Waals surface area contributed by atoms with E-state index in [0.717, 1.165) is 38.3 Å². The third-order valence-corrected chi connectivity index (χ3v) is 4.00. The third kappa shape index (κ3) is 8.03. The number of nitrogens with one attached hydrogen (secondary N) is 2. The summed E-state index contributed by atoms with van der Waals surface area (Å²) in [6, 6.07) is 4.02. The Bertz CT molecular complexity index is 485. The van der Waals surface area contributed by atoms with Crippen LogP contribution in [0.15, 0.2) is 29.5 Å². The Morgan fingerprint density at radius 1 is 1.21 bits per heavy atom. The van der Waals surface area contributed by atoms with Crippen molar-refractivity contribution >= 4 is 35.9 Å². The first-order valence-electron chi connectivity index (χ1n) is 8.52. The molecule has 2 N–H and O–H groups in total. The molecule has 0 aliphatic heterocycles. The van der Waals surface area contributed by atoms with E-state index in [9.17, 15) is 4.79 Å². The Hall–Kier alpha value is -1.25. The highest BCUT2D eigenvalue weighted by Gasteiger charge is 2.18. The molecule has 1 heterocycles. The maximum atomic E-state index is 11.7. The number of hydrogen-bond donors (Lipinski definition) is 2. The van der Waals surface area contributed by atoms with Crippen LogP contribution in [0.2, 0.25) is 0 Å². The van der Waals surface area contributed by atoms with Gasteiger partial charge in [-0.15, -0.1) is 24.0 Å².